The van der Waals surface area contributed by atoms with E-state index in [1.807, 2.05) is 6.08 Å². The van der Waals surface area contributed by atoms with Gasteiger partial charge in [0.05, 0.1) is 25.4 Å². The van der Waals surface area contributed by atoms with Gasteiger partial charge < -0.3 is 20.3 Å². The molecule has 0 bridgehead atoms. The summed E-state index contributed by atoms with van der Waals surface area (Å²) in [6.07, 6.45) is 64.5. The number of allylic oxidation sites excluding steroid dienone is 5. The van der Waals surface area contributed by atoms with Crippen molar-refractivity contribution in [1.29, 1.82) is 0 Å². The summed E-state index contributed by atoms with van der Waals surface area (Å²) in [7, 11) is 0. The number of nitrogens with one attached hydrogen (secondary N) is 1. The summed E-state index contributed by atoms with van der Waals surface area (Å²) in [5.74, 6) is -0.0905. The number of amides is 1. The zero-order valence-electron chi connectivity index (χ0n) is 42.1. The van der Waals surface area contributed by atoms with E-state index in [9.17, 15) is 19.8 Å². The summed E-state index contributed by atoms with van der Waals surface area (Å²) >= 11 is 0. The molecule has 63 heavy (non-hydrogen) atoms. The molecule has 0 spiro atoms. The molecule has 0 saturated heterocycles. The van der Waals surface area contributed by atoms with Gasteiger partial charge >= 0.3 is 5.97 Å². The fraction of sp³-hybridized carbons (Fsp3) is 0.860. The van der Waals surface area contributed by atoms with Gasteiger partial charge in [-0.15, -0.1) is 0 Å². The summed E-state index contributed by atoms with van der Waals surface area (Å²) in [4.78, 5) is 24.4. The molecule has 0 aliphatic rings. The summed E-state index contributed by atoms with van der Waals surface area (Å²) in [5.41, 5.74) is 0. The maximum absolute atomic E-state index is 12.4. The molecule has 370 valence electrons. The molecule has 2 atom stereocenters. The molecular formula is C57H107NO5. The molecule has 0 heterocycles. The normalized spacial score (nSPS) is 12.9. The number of carbonyl (C=O) groups is 2. The fourth-order valence-electron chi connectivity index (χ4n) is 8.39. The molecule has 0 aliphatic heterocycles. The average molecular weight is 886 g/mol. The molecular weight excluding hydrogens is 779 g/mol. The first-order chi connectivity index (χ1) is 31.0. The van der Waals surface area contributed by atoms with Gasteiger partial charge in [-0.25, -0.2) is 0 Å². The van der Waals surface area contributed by atoms with E-state index in [1.54, 1.807) is 6.08 Å². The smallest absolute Gasteiger partial charge is 0.305 e. The lowest BCUT2D eigenvalue weighted by Gasteiger charge is -2.20. The second kappa shape index (κ2) is 52.7. The van der Waals surface area contributed by atoms with Gasteiger partial charge in [-0.05, 0) is 64.2 Å². The van der Waals surface area contributed by atoms with Crippen molar-refractivity contribution in [3.05, 3.63) is 36.5 Å². The number of aliphatic hydroxyl groups excluding tert-OH is 2. The Labute approximate surface area is 392 Å². The zero-order chi connectivity index (χ0) is 45.8. The Balaban J connectivity index is 3.49. The lowest BCUT2D eigenvalue weighted by Crippen LogP contribution is -2.45. The average Bonchev–Trinajstić information content (AvgIpc) is 3.28. The van der Waals surface area contributed by atoms with Crippen LogP contribution in [0.5, 0.6) is 0 Å². The number of esters is 1. The Morgan fingerprint density at radius 2 is 0.778 bits per heavy atom. The number of hydrogen-bond donors (Lipinski definition) is 3. The van der Waals surface area contributed by atoms with E-state index in [2.05, 4.69) is 43.5 Å². The Morgan fingerprint density at radius 3 is 1.17 bits per heavy atom. The molecule has 6 heteroatoms. The number of carbonyl (C=O) groups excluding carboxylic acids is 2. The molecule has 0 fully saturated rings. The van der Waals surface area contributed by atoms with Gasteiger partial charge in [0.25, 0.3) is 0 Å². The Hall–Kier alpha value is -1.92. The highest BCUT2D eigenvalue weighted by Crippen LogP contribution is 2.16. The van der Waals surface area contributed by atoms with Crippen molar-refractivity contribution < 1.29 is 24.5 Å². The summed E-state index contributed by atoms with van der Waals surface area (Å²) in [6.45, 7) is 4.86. The van der Waals surface area contributed by atoms with Crippen LogP contribution in [0.1, 0.15) is 290 Å². The van der Waals surface area contributed by atoms with E-state index in [-0.39, 0.29) is 18.5 Å². The topological polar surface area (TPSA) is 95.9 Å². The predicted molar refractivity (Wildman–Crippen MR) is 273 cm³/mol. The third-order valence-corrected chi connectivity index (χ3v) is 12.7. The van der Waals surface area contributed by atoms with E-state index in [0.717, 1.165) is 77.0 Å². The van der Waals surface area contributed by atoms with Gasteiger partial charge in [-0.1, -0.05) is 249 Å². The van der Waals surface area contributed by atoms with Crippen LogP contribution in [0, 0.1) is 0 Å². The molecule has 6 nitrogen and oxygen atoms in total. The Morgan fingerprint density at radius 1 is 0.444 bits per heavy atom. The fourth-order valence-corrected chi connectivity index (χ4v) is 8.39. The van der Waals surface area contributed by atoms with E-state index in [1.165, 1.54) is 186 Å². The number of rotatable bonds is 51. The summed E-state index contributed by atoms with van der Waals surface area (Å²) < 4.78 is 5.45. The number of aliphatic hydroxyl groups is 2. The molecule has 3 N–H and O–H groups in total. The van der Waals surface area contributed by atoms with Crippen LogP contribution in [0.4, 0.5) is 0 Å². The van der Waals surface area contributed by atoms with Crippen LogP contribution in [-0.4, -0.2) is 47.4 Å². The largest absolute Gasteiger partial charge is 0.466 e. The molecule has 0 aliphatic carbocycles. The van der Waals surface area contributed by atoms with Gasteiger partial charge in [0.1, 0.15) is 0 Å². The second-order valence-electron chi connectivity index (χ2n) is 18.9. The van der Waals surface area contributed by atoms with Gasteiger partial charge in [0, 0.05) is 12.8 Å². The third kappa shape index (κ3) is 49.4. The molecule has 1 amide bonds. The van der Waals surface area contributed by atoms with Crippen molar-refractivity contribution in [2.75, 3.05) is 13.2 Å². The van der Waals surface area contributed by atoms with Crippen LogP contribution in [0.2, 0.25) is 0 Å². The van der Waals surface area contributed by atoms with Gasteiger partial charge in [0.15, 0.2) is 0 Å². The van der Waals surface area contributed by atoms with Crippen molar-refractivity contribution in [2.45, 2.75) is 302 Å². The number of hydrogen-bond acceptors (Lipinski definition) is 5. The van der Waals surface area contributed by atoms with Gasteiger partial charge in [0.2, 0.25) is 5.91 Å². The molecule has 0 rings (SSSR count). The third-order valence-electron chi connectivity index (χ3n) is 12.7. The minimum absolute atomic E-state index is 0.0117. The van der Waals surface area contributed by atoms with Gasteiger partial charge in [-0.2, -0.15) is 0 Å². The predicted octanol–water partition coefficient (Wildman–Crippen LogP) is 16.9. The first kappa shape index (κ1) is 61.1. The maximum Gasteiger partial charge on any atom is 0.305 e. The molecule has 0 aromatic carbocycles. The zero-order valence-corrected chi connectivity index (χ0v) is 42.1. The highest BCUT2D eigenvalue weighted by Gasteiger charge is 2.18. The Bertz CT molecular complexity index is 1020. The van der Waals surface area contributed by atoms with E-state index in [0.29, 0.717) is 19.4 Å². The van der Waals surface area contributed by atoms with Crippen molar-refractivity contribution in [2.24, 2.45) is 0 Å². The van der Waals surface area contributed by atoms with Crippen LogP contribution < -0.4 is 5.32 Å². The highest BCUT2D eigenvalue weighted by molar-refractivity contribution is 5.76. The SMILES string of the molecule is CCCCCCCCCCCC/C=C/C(O)C(CO)NC(=O)CCCCCCCCCCCC/C=C\C=C/CCCCCOC(=O)CCCCCCCCCCCCCCCCC. The highest BCUT2D eigenvalue weighted by atomic mass is 16.5. The van der Waals surface area contributed by atoms with Crippen LogP contribution in [0.15, 0.2) is 36.5 Å². The monoisotopic (exact) mass is 886 g/mol. The van der Waals surface area contributed by atoms with Crippen molar-refractivity contribution in [1.82, 2.24) is 5.32 Å². The second-order valence-corrected chi connectivity index (χ2v) is 18.9. The van der Waals surface area contributed by atoms with Gasteiger partial charge in [-0.3, -0.25) is 9.59 Å². The van der Waals surface area contributed by atoms with Crippen molar-refractivity contribution >= 4 is 11.9 Å². The quantitative estimate of drug-likeness (QED) is 0.0245. The number of ether oxygens (including phenoxy) is 1. The van der Waals surface area contributed by atoms with E-state index < -0.39 is 12.1 Å². The van der Waals surface area contributed by atoms with Crippen molar-refractivity contribution in [3.63, 3.8) is 0 Å². The molecule has 0 aromatic heterocycles. The van der Waals surface area contributed by atoms with Crippen molar-refractivity contribution in [3.8, 4) is 0 Å². The molecule has 2 unspecified atom stereocenters. The summed E-state index contributed by atoms with van der Waals surface area (Å²) in [5, 5.41) is 23.0. The summed E-state index contributed by atoms with van der Waals surface area (Å²) in [6, 6.07) is -0.634. The van der Waals surface area contributed by atoms with Crippen LogP contribution in [0.25, 0.3) is 0 Å². The Kier molecular flexibility index (Phi) is 51.1. The molecule has 0 saturated carbocycles. The minimum atomic E-state index is -0.850. The lowest BCUT2D eigenvalue weighted by atomic mass is 10.0. The van der Waals surface area contributed by atoms with Crippen LogP contribution in [-0.2, 0) is 14.3 Å². The van der Waals surface area contributed by atoms with E-state index >= 15 is 0 Å². The standard InChI is InChI=1S/C57H107NO5/c1-3-5-7-9-11-13-15-17-23-27-31-35-39-43-47-51-57(62)63-52-48-44-40-36-32-28-25-22-20-18-19-21-24-26-30-34-38-42-46-50-56(61)58-54(53-59)55(60)49-45-41-37-33-29-16-14-12-10-8-6-4-2/h22,25,28,32,45,49,54-55,59-60H,3-21,23-24,26-27,29-31,33-44,46-48,50-53H2,1-2H3,(H,58,61)/b25-22-,32-28-,49-45+. The molecule has 0 aromatic rings. The lowest BCUT2D eigenvalue weighted by molar-refractivity contribution is -0.143. The number of unbranched alkanes of at least 4 members (excludes halogenated alkanes) is 37. The van der Waals surface area contributed by atoms with E-state index in [4.69, 9.17) is 4.74 Å². The van der Waals surface area contributed by atoms with Crippen LogP contribution >= 0.6 is 0 Å². The molecule has 0 radical (unpaired) electrons. The maximum atomic E-state index is 12.4. The minimum Gasteiger partial charge on any atom is -0.466 e. The van der Waals surface area contributed by atoms with Crippen LogP contribution in [0.3, 0.4) is 0 Å². The first-order valence-corrected chi connectivity index (χ1v) is 27.8. The first-order valence-electron chi connectivity index (χ1n) is 27.8.